The predicted octanol–water partition coefficient (Wildman–Crippen LogP) is 2.73. The van der Waals surface area contributed by atoms with Gasteiger partial charge in [-0.3, -0.25) is 4.79 Å². The number of ether oxygens (including phenoxy) is 4. The first-order valence-corrected chi connectivity index (χ1v) is 8.51. The highest BCUT2D eigenvalue weighted by Crippen LogP contribution is 2.29. The maximum Gasteiger partial charge on any atom is 0.280 e. The fraction of sp³-hybridized carbons (Fsp3) is 0.300. The van der Waals surface area contributed by atoms with Crippen LogP contribution < -0.4 is 18.9 Å². The van der Waals surface area contributed by atoms with Crippen LogP contribution in [0, 0.1) is 0 Å². The van der Waals surface area contributed by atoms with Crippen molar-refractivity contribution in [2.75, 3.05) is 34.5 Å². The van der Waals surface area contributed by atoms with Gasteiger partial charge in [0.15, 0.2) is 18.1 Å². The number of rotatable bonds is 7. The van der Waals surface area contributed by atoms with Gasteiger partial charge < -0.3 is 18.9 Å². The lowest BCUT2D eigenvalue weighted by Gasteiger charge is -2.12. The minimum atomic E-state index is -0.193. The zero-order chi connectivity index (χ0) is 19.2. The fourth-order valence-electron chi connectivity index (χ4n) is 2.75. The van der Waals surface area contributed by atoms with Gasteiger partial charge in [0.25, 0.3) is 5.91 Å². The minimum Gasteiger partial charge on any atom is -0.497 e. The minimum absolute atomic E-state index is 0.0744. The van der Waals surface area contributed by atoms with Gasteiger partial charge in [0.2, 0.25) is 0 Å². The van der Waals surface area contributed by atoms with E-state index in [0.717, 1.165) is 17.0 Å². The predicted molar refractivity (Wildman–Crippen MR) is 101 cm³/mol. The summed E-state index contributed by atoms with van der Waals surface area (Å²) in [6, 6.07) is 12.7. The normalized spacial score (nSPS) is 13.1. The SMILES string of the molecule is COc1ccc(OCC(=O)N2CCC(c3ccc(OC)c(OC)c3)=N2)cc1. The lowest BCUT2D eigenvalue weighted by Crippen LogP contribution is -2.28. The van der Waals surface area contributed by atoms with Crippen molar-refractivity contribution >= 4 is 11.6 Å². The molecule has 27 heavy (non-hydrogen) atoms. The van der Waals surface area contributed by atoms with Gasteiger partial charge in [0.05, 0.1) is 33.6 Å². The van der Waals surface area contributed by atoms with Crippen LogP contribution in [0.15, 0.2) is 47.6 Å². The van der Waals surface area contributed by atoms with Crippen molar-refractivity contribution in [3.05, 3.63) is 48.0 Å². The van der Waals surface area contributed by atoms with Crippen LogP contribution in [-0.4, -0.2) is 51.1 Å². The van der Waals surface area contributed by atoms with Crippen LogP contribution in [0.2, 0.25) is 0 Å². The van der Waals surface area contributed by atoms with Crippen LogP contribution in [0.25, 0.3) is 0 Å². The van der Waals surface area contributed by atoms with Crippen molar-refractivity contribution in [1.82, 2.24) is 5.01 Å². The molecule has 2 aromatic rings. The molecule has 0 N–H and O–H groups in total. The Bertz CT molecular complexity index is 833. The van der Waals surface area contributed by atoms with Gasteiger partial charge in [-0.2, -0.15) is 5.10 Å². The van der Waals surface area contributed by atoms with Crippen LogP contribution in [0.3, 0.4) is 0 Å². The van der Waals surface area contributed by atoms with Gasteiger partial charge in [0.1, 0.15) is 11.5 Å². The van der Waals surface area contributed by atoms with Gasteiger partial charge in [-0.15, -0.1) is 0 Å². The van der Waals surface area contributed by atoms with Crippen LogP contribution >= 0.6 is 0 Å². The molecule has 1 heterocycles. The monoisotopic (exact) mass is 370 g/mol. The molecule has 0 bridgehead atoms. The van der Waals surface area contributed by atoms with Gasteiger partial charge in [-0.1, -0.05) is 0 Å². The number of nitrogens with zero attached hydrogens (tertiary/aromatic N) is 2. The van der Waals surface area contributed by atoms with Gasteiger partial charge in [-0.25, -0.2) is 5.01 Å². The highest BCUT2D eigenvalue weighted by atomic mass is 16.5. The Morgan fingerprint density at radius 2 is 1.67 bits per heavy atom. The molecule has 0 saturated carbocycles. The van der Waals surface area contributed by atoms with E-state index in [4.69, 9.17) is 18.9 Å². The number of hydrazone groups is 1. The van der Waals surface area contributed by atoms with Crippen molar-refractivity contribution < 1.29 is 23.7 Å². The number of methoxy groups -OCH3 is 3. The summed E-state index contributed by atoms with van der Waals surface area (Å²) in [6.07, 6.45) is 0.670. The molecule has 2 aromatic carbocycles. The Balaban J connectivity index is 1.63. The smallest absolute Gasteiger partial charge is 0.280 e. The maximum absolute atomic E-state index is 12.4. The number of carbonyl (C=O) groups is 1. The standard InChI is InChI=1S/C20H22N2O5/c1-24-15-5-7-16(8-6-15)27-13-20(23)22-11-10-17(21-22)14-4-9-18(25-2)19(12-14)26-3/h4-9,12H,10-11,13H2,1-3H3. The van der Waals surface area contributed by atoms with E-state index in [2.05, 4.69) is 5.10 Å². The van der Waals surface area contributed by atoms with E-state index >= 15 is 0 Å². The number of amides is 1. The molecule has 1 aliphatic heterocycles. The first kappa shape index (κ1) is 18.6. The van der Waals surface area contributed by atoms with E-state index in [0.29, 0.717) is 30.2 Å². The highest BCUT2D eigenvalue weighted by Gasteiger charge is 2.22. The third-order valence-electron chi connectivity index (χ3n) is 4.23. The molecule has 0 aliphatic carbocycles. The number of benzene rings is 2. The topological polar surface area (TPSA) is 69.6 Å². The van der Waals surface area contributed by atoms with Crippen molar-refractivity contribution in [3.63, 3.8) is 0 Å². The lowest BCUT2D eigenvalue weighted by molar-refractivity contribution is -0.132. The van der Waals surface area contributed by atoms with Crippen LogP contribution in [0.1, 0.15) is 12.0 Å². The van der Waals surface area contributed by atoms with Crippen molar-refractivity contribution in [3.8, 4) is 23.0 Å². The quantitative estimate of drug-likeness (QED) is 0.750. The molecule has 0 unspecified atom stereocenters. The van der Waals surface area contributed by atoms with Crippen molar-refractivity contribution in [1.29, 1.82) is 0 Å². The number of carbonyl (C=O) groups excluding carboxylic acids is 1. The molecule has 1 aliphatic rings. The molecule has 0 spiro atoms. The Morgan fingerprint density at radius 1 is 0.963 bits per heavy atom. The summed E-state index contributed by atoms with van der Waals surface area (Å²) in [5, 5.41) is 5.87. The number of hydrogen-bond acceptors (Lipinski definition) is 6. The summed E-state index contributed by atoms with van der Waals surface area (Å²) in [5.74, 6) is 2.43. The second-order valence-electron chi connectivity index (χ2n) is 5.85. The molecule has 3 rings (SSSR count). The largest absolute Gasteiger partial charge is 0.497 e. The fourth-order valence-corrected chi connectivity index (χ4v) is 2.75. The summed E-state index contributed by atoms with van der Waals surface area (Å²) in [4.78, 5) is 12.4. The van der Waals surface area contributed by atoms with E-state index in [1.54, 1.807) is 45.6 Å². The lowest BCUT2D eigenvalue weighted by atomic mass is 10.1. The zero-order valence-corrected chi connectivity index (χ0v) is 15.6. The van der Waals surface area contributed by atoms with E-state index < -0.39 is 0 Å². The highest BCUT2D eigenvalue weighted by molar-refractivity contribution is 6.03. The van der Waals surface area contributed by atoms with Crippen molar-refractivity contribution in [2.45, 2.75) is 6.42 Å². The summed E-state index contributed by atoms with van der Waals surface area (Å²) >= 11 is 0. The Labute approximate surface area is 158 Å². The van der Waals surface area contributed by atoms with E-state index in [1.807, 2.05) is 18.2 Å². The molecule has 0 radical (unpaired) electrons. The summed E-state index contributed by atoms with van der Waals surface area (Å²) < 4.78 is 21.2. The first-order valence-electron chi connectivity index (χ1n) is 8.51. The molecule has 0 aromatic heterocycles. The van der Waals surface area contributed by atoms with Crippen LogP contribution in [0.4, 0.5) is 0 Å². The third-order valence-corrected chi connectivity index (χ3v) is 4.23. The molecule has 0 saturated heterocycles. The van der Waals surface area contributed by atoms with Crippen LogP contribution in [-0.2, 0) is 4.79 Å². The van der Waals surface area contributed by atoms with E-state index in [9.17, 15) is 4.79 Å². The Morgan fingerprint density at radius 3 is 2.33 bits per heavy atom. The summed E-state index contributed by atoms with van der Waals surface area (Å²) in [5.41, 5.74) is 1.73. The maximum atomic E-state index is 12.4. The Kier molecular flexibility index (Phi) is 5.80. The molecule has 7 nitrogen and oxygen atoms in total. The second kappa shape index (κ2) is 8.44. The summed E-state index contributed by atoms with van der Waals surface area (Å²) in [6.45, 7) is 0.448. The zero-order valence-electron chi connectivity index (χ0n) is 15.6. The number of hydrogen-bond donors (Lipinski definition) is 0. The van der Waals surface area contributed by atoms with E-state index in [1.165, 1.54) is 5.01 Å². The van der Waals surface area contributed by atoms with Gasteiger partial charge in [-0.05, 0) is 42.5 Å². The third kappa shape index (κ3) is 4.31. The average Bonchev–Trinajstić information content (AvgIpc) is 3.22. The Hall–Kier alpha value is -3.22. The molecular weight excluding hydrogens is 348 g/mol. The van der Waals surface area contributed by atoms with E-state index in [-0.39, 0.29) is 12.5 Å². The molecule has 7 heteroatoms. The van der Waals surface area contributed by atoms with Crippen molar-refractivity contribution in [2.24, 2.45) is 5.10 Å². The van der Waals surface area contributed by atoms with Gasteiger partial charge >= 0.3 is 0 Å². The molecule has 142 valence electrons. The van der Waals surface area contributed by atoms with Gasteiger partial charge in [0, 0.05) is 12.0 Å². The average molecular weight is 370 g/mol. The molecule has 1 amide bonds. The second-order valence-corrected chi connectivity index (χ2v) is 5.85. The molecule has 0 fully saturated rings. The molecular formula is C20H22N2O5. The summed E-state index contributed by atoms with van der Waals surface area (Å²) in [7, 11) is 4.78. The first-order chi connectivity index (χ1) is 13.1. The molecule has 0 atom stereocenters. The van der Waals surface area contributed by atoms with Crippen LogP contribution in [0.5, 0.6) is 23.0 Å².